The SMILES string of the molecule is Cc1ccc([N+](=O)[O-])cc1C(N)=NC(C)(C)C. The number of hydrogen-bond donors (Lipinski definition) is 1. The Morgan fingerprint density at radius 3 is 2.47 bits per heavy atom. The van der Waals surface area contributed by atoms with Gasteiger partial charge in [0.15, 0.2) is 0 Å². The summed E-state index contributed by atoms with van der Waals surface area (Å²) in [5, 5.41) is 10.7. The molecule has 0 aromatic heterocycles. The lowest BCUT2D eigenvalue weighted by atomic mass is 10.1. The summed E-state index contributed by atoms with van der Waals surface area (Å²) in [6, 6.07) is 4.60. The fourth-order valence-electron chi connectivity index (χ4n) is 1.42. The van der Waals surface area contributed by atoms with Crippen LogP contribution in [0.2, 0.25) is 0 Å². The maximum atomic E-state index is 10.7. The van der Waals surface area contributed by atoms with Gasteiger partial charge < -0.3 is 5.73 Å². The van der Waals surface area contributed by atoms with Gasteiger partial charge in [-0.2, -0.15) is 0 Å². The highest BCUT2D eigenvalue weighted by Gasteiger charge is 2.14. The van der Waals surface area contributed by atoms with E-state index in [-0.39, 0.29) is 11.2 Å². The number of amidine groups is 1. The monoisotopic (exact) mass is 235 g/mol. The highest BCUT2D eigenvalue weighted by atomic mass is 16.6. The summed E-state index contributed by atoms with van der Waals surface area (Å²) in [5.74, 6) is 0.332. The molecule has 0 saturated carbocycles. The number of hydrogen-bond acceptors (Lipinski definition) is 3. The van der Waals surface area contributed by atoms with Crippen LogP contribution in [0.4, 0.5) is 5.69 Å². The molecule has 17 heavy (non-hydrogen) atoms. The lowest BCUT2D eigenvalue weighted by Crippen LogP contribution is -2.22. The van der Waals surface area contributed by atoms with Crippen molar-refractivity contribution < 1.29 is 4.92 Å². The average molecular weight is 235 g/mol. The van der Waals surface area contributed by atoms with Gasteiger partial charge in [-0.1, -0.05) is 6.07 Å². The molecule has 1 aromatic carbocycles. The molecule has 5 heteroatoms. The number of nitro groups is 1. The molecule has 0 heterocycles. The first-order valence-corrected chi connectivity index (χ1v) is 5.31. The zero-order valence-electron chi connectivity index (χ0n) is 10.5. The zero-order chi connectivity index (χ0) is 13.2. The Hall–Kier alpha value is -1.91. The second-order valence-corrected chi connectivity index (χ2v) is 4.92. The molecule has 1 rings (SSSR count). The lowest BCUT2D eigenvalue weighted by Gasteiger charge is -2.14. The largest absolute Gasteiger partial charge is 0.383 e. The van der Waals surface area contributed by atoms with Crippen LogP contribution in [-0.2, 0) is 0 Å². The summed E-state index contributed by atoms with van der Waals surface area (Å²) in [6.45, 7) is 7.62. The molecule has 0 unspecified atom stereocenters. The third kappa shape index (κ3) is 3.55. The van der Waals surface area contributed by atoms with Crippen LogP contribution in [0.5, 0.6) is 0 Å². The second-order valence-electron chi connectivity index (χ2n) is 4.92. The van der Waals surface area contributed by atoms with Crippen molar-refractivity contribution in [1.82, 2.24) is 0 Å². The van der Waals surface area contributed by atoms with Crippen molar-refractivity contribution in [2.24, 2.45) is 10.7 Å². The van der Waals surface area contributed by atoms with Crippen molar-refractivity contribution in [3.63, 3.8) is 0 Å². The third-order valence-corrected chi connectivity index (χ3v) is 2.16. The van der Waals surface area contributed by atoms with Crippen LogP contribution in [-0.4, -0.2) is 16.3 Å². The normalized spacial score (nSPS) is 12.6. The van der Waals surface area contributed by atoms with Crippen LogP contribution in [0.1, 0.15) is 31.9 Å². The Balaban J connectivity index is 3.26. The molecule has 0 aliphatic carbocycles. The molecule has 0 saturated heterocycles. The first kappa shape index (κ1) is 13.2. The fraction of sp³-hybridized carbons (Fsp3) is 0.417. The molecule has 0 fully saturated rings. The fourth-order valence-corrected chi connectivity index (χ4v) is 1.42. The minimum atomic E-state index is -0.437. The van der Waals surface area contributed by atoms with E-state index in [2.05, 4.69) is 4.99 Å². The number of aryl methyl sites for hydroxylation is 1. The van der Waals surface area contributed by atoms with E-state index in [1.165, 1.54) is 12.1 Å². The summed E-state index contributed by atoms with van der Waals surface area (Å²) in [6.07, 6.45) is 0. The van der Waals surface area contributed by atoms with Gasteiger partial charge in [0.25, 0.3) is 5.69 Å². The highest BCUT2D eigenvalue weighted by molar-refractivity contribution is 5.99. The second kappa shape index (κ2) is 4.53. The Morgan fingerprint density at radius 1 is 1.41 bits per heavy atom. The van der Waals surface area contributed by atoms with E-state index >= 15 is 0 Å². The number of nitrogens with two attached hydrogens (primary N) is 1. The molecule has 0 amide bonds. The van der Waals surface area contributed by atoms with E-state index in [1.54, 1.807) is 6.07 Å². The molecular weight excluding hydrogens is 218 g/mol. The standard InChI is InChI=1S/C12H17N3O2/c1-8-5-6-9(15(16)17)7-10(8)11(13)14-12(2,3)4/h5-7H,1-4H3,(H2,13,14). The molecule has 0 spiro atoms. The van der Waals surface area contributed by atoms with E-state index in [9.17, 15) is 10.1 Å². The molecule has 0 atom stereocenters. The molecule has 0 aliphatic heterocycles. The van der Waals surface area contributed by atoms with Crippen LogP contribution in [0, 0.1) is 17.0 Å². The van der Waals surface area contributed by atoms with E-state index in [0.717, 1.165) is 5.56 Å². The minimum absolute atomic E-state index is 0.0256. The van der Waals surface area contributed by atoms with E-state index in [1.807, 2.05) is 27.7 Å². The van der Waals surface area contributed by atoms with Crippen molar-refractivity contribution in [2.45, 2.75) is 33.2 Å². The van der Waals surface area contributed by atoms with Crippen molar-refractivity contribution in [3.05, 3.63) is 39.4 Å². The van der Waals surface area contributed by atoms with Gasteiger partial charge in [-0.3, -0.25) is 15.1 Å². The summed E-state index contributed by atoms with van der Waals surface area (Å²) < 4.78 is 0. The minimum Gasteiger partial charge on any atom is -0.383 e. The molecule has 5 nitrogen and oxygen atoms in total. The molecule has 0 aliphatic rings. The molecule has 0 bridgehead atoms. The third-order valence-electron chi connectivity index (χ3n) is 2.16. The molecule has 2 N–H and O–H groups in total. The van der Waals surface area contributed by atoms with Crippen molar-refractivity contribution >= 4 is 11.5 Å². The van der Waals surface area contributed by atoms with Gasteiger partial charge >= 0.3 is 0 Å². The van der Waals surface area contributed by atoms with E-state index in [4.69, 9.17) is 5.73 Å². The number of non-ortho nitro benzene ring substituents is 1. The van der Waals surface area contributed by atoms with Gasteiger partial charge in [-0.15, -0.1) is 0 Å². The zero-order valence-corrected chi connectivity index (χ0v) is 10.5. The van der Waals surface area contributed by atoms with Crippen LogP contribution >= 0.6 is 0 Å². The van der Waals surface area contributed by atoms with Gasteiger partial charge in [-0.05, 0) is 33.3 Å². The van der Waals surface area contributed by atoms with E-state index in [0.29, 0.717) is 11.4 Å². The van der Waals surface area contributed by atoms with Gasteiger partial charge in [0, 0.05) is 17.7 Å². The smallest absolute Gasteiger partial charge is 0.270 e. The Bertz CT molecular complexity index is 473. The maximum Gasteiger partial charge on any atom is 0.270 e. The summed E-state index contributed by atoms with van der Waals surface area (Å²) >= 11 is 0. The number of nitro benzene ring substituents is 1. The van der Waals surface area contributed by atoms with Crippen molar-refractivity contribution in [3.8, 4) is 0 Å². The number of aliphatic imine (C=N–C) groups is 1. The Labute approximate surface area is 101 Å². The first-order valence-electron chi connectivity index (χ1n) is 5.31. The molecule has 92 valence electrons. The Morgan fingerprint density at radius 2 is 2.00 bits per heavy atom. The van der Waals surface area contributed by atoms with Crippen LogP contribution in [0.15, 0.2) is 23.2 Å². The first-order chi connectivity index (χ1) is 7.70. The van der Waals surface area contributed by atoms with Crippen LogP contribution < -0.4 is 5.73 Å². The highest BCUT2D eigenvalue weighted by Crippen LogP contribution is 2.18. The number of rotatable bonds is 2. The molecule has 1 aromatic rings. The van der Waals surface area contributed by atoms with E-state index < -0.39 is 4.92 Å². The maximum absolute atomic E-state index is 10.7. The summed E-state index contributed by atoms with van der Waals surface area (Å²) in [7, 11) is 0. The topological polar surface area (TPSA) is 81.5 Å². The number of benzene rings is 1. The van der Waals surface area contributed by atoms with Crippen LogP contribution in [0.3, 0.4) is 0 Å². The van der Waals surface area contributed by atoms with Crippen LogP contribution in [0.25, 0.3) is 0 Å². The van der Waals surface area contributed by atoms with Crippen molar-refractivity contribution in [2.75, 3.05) is 0 Å². The quantitative estimate of drug-likeness (QED) is 0.370. The predicted octanol–water partition coefficient (Wildman–Crippen LogP) is 2.41. The van der Waals surface area contributed by atoms with Gasteiger partial charge in [0.1, 0.15) is 5.84 Å². The number of nitrogens with zero attached hydrogens (tertiary/aromatic N) is 2. The van der Waals surface area contributed by atoms with Gasteiger partial charge in [-0.25, -0.2) is 0 Å². The van der Waals surface area contributed by atoms with Gasteiger partial charge in [0.05, 0.1) is 10.5 Å². The molecular formula is C12H17N3O2. The van der Waals surface area contributed by atoms with Crippen molar-refractivity contribution in [1.29, 1.82) is 0 Å². The van der Waals surface area contributed by atoms with Gasteiger partial charge in [0.2, 0.25) is 0 Å². The average Bonchev–Trinajstić information content (AvgIpc) is 2.14. The Kier molecular flexibility index (Phi) is 3.50. The predicted molar refractivity (Wildman–Crippen MR) is 68.3 cm³/mol. The summed E-state index contributed by atoms with van der Waals surface area (Å²) in [5.41, 5.74) is 7.10. The molecule has 0 radical (unpaired) electrons. The lowest BCUT2D eigenvalue weighted by molar-refractivity contribution is -0.384. The summed E-state index contributed by atoms with van der Waals surface area (Å²) in [4.78, 5) is 14.6.